The Bertz CT molecular complexity index is 412. The van der Waals surface area contributed by atoms with Crippen LogP contribution < -0.4 is 5.46 Å². The first-order valence-corrected chi connectivity index (χ1v) is 4.88. The molecule has 0 saturated carbocycles. The van der Waals surface area contributed by atoms with Gasteiger partial charge in [0, 0.05) is 12.1 Å². The first kappa shape index (κ1) is 12.7. The lowest BCUT2D eigenvalue weighted by molar-refractivity contribution is -0.384. The minimum Gasteiger partial charge on any atom is -0.423 e. The average Bonchev–Trinajstić information content (AvgIpc) is 2.15. The van der Waals surface area contributed by atoms with Gasteiger partial charge in [0.15, 0.2) is 0 Å². The van der Waals surface area contributed by atoms with Crippen molar-refractivity contribution in [2.75, 3.05) is 0 Å². The van der Waals surface area contributed by atoms with Crippen LogP contribution in [0.3, 0.4) is 0 Å². The fraction of sp³-hybridized carbons (Fsp3) is 0.400. The molecule has 1 aromatic carbocycles. The second-order valence-electron chi connectivity index (χ2n) is 4.65. The van der Waals surface area contributed by atoms with Gasteiger partial charge < -0.3 is 10.0 Å². The highest BCUT2D eigenvalue weighted by molar-refractivity contribution is 6.59. The third kappa shape index (κ3) is 2.59. The molecule has 0 aliphatic carbocycles. The zero-order valence-electron chi connectivity index (χ0n) is 9.47. The summed E-state index contributed by atoms with van der Waals surface area (Å²) < 4.78 is 0. The fourth-order valence-corrected chi connectivity index (χ4v) is 1.53. The van der Waals surface area contributed by atoms with E-state index < -0.39 is 12.0 Å². The number of non-ortho nitro benzene ring substituents is 1. The van der Waals surface area contributed by atoms with E-state index in [1.54, 1.807) is 0 Å². The zero-order chi connectivity index (χ0) is 12.5. The minimum absolute atomic E-state index is 0.0469. The predicted molar refractivity (Wildman–Crippen MR) is 61.6 cm³/mol. The normalized spacial score (nSPS) is 11.3. The Morgan fingerprint density at radius 2 is 1.88 bits per heavy atom. The fourth-order valence-electron chi connectivity index (χ4n) is 1.53. The van der Waals surface area contributed by atoms with Gasteiger partial charge >= 0.3 is 7.12 Å². The van der Waals surface area contributed by atoms with Crippen molar-refractivity contribution in [1.82, 2.24) is 0 Å². The Kier molecular flexibility index (Phi) is 3.35. The quantitative estimate of drug-likeness (QED) is 0.436. The first-order chi connectivity index (χ1) is 7.23. The maximum Gasteiger partial charge on any atom is 0.488 e. The van der Waals surface area contributed by atoms with Crippen LogP contribution in [-0.2, 0) is 5.41 Å². The van der Waals surface area contributed by atoms with E-state index in [0.29, 0.717) is 11.0 Å². The molecule has 2 N–H and O–H groups in total. The molecule has 0 aliphatic heterocycles. The van der Waals surface area contributed by atoms with E-state index in [1.807, 2.05) is 20.8 Å². The van der Waals surface area contributed by atoms with E-state index in [9.17, 15) is 20.2 Å². The maximum atomic E-state index is 10.6. The van der Waals surface area contributed by atoms with Crippen LogP contribution in [0.4, 0.5) is 5.69 Å². The predicted octanol–water partition coefficient (Wildman–Crippen LogP) is 0.572. The Morgan fingerprint density at radius 3 is 2.25 bits per heavy atom. The molecule has 0 spiro atoms. The van der Waals surface area contributed by atoms with E-state index in [4.69, 9.17) is 0 Å². The summed E-state index contributed by atoms with van der Waals surface area (Å²) in [6.45, 7) is 5.58. The molecule has 0 atom stereocenters. The standard InChI is InChI=1S/C10H14BNO4/c1-10(2,3)8-6-7(12(15)16)4-5-9(8)11(13)14/h4-6,13-14H,1-3H3. The highest BCUT2D eigenvalue weighted by Crippen LogP contribution is 2.24. The summed E-state index contributed by atoms with van der Waals surface area (Å²) in [6.07, 6.45) is 0. The Morgan fingerprint density at radius 1 is 1.31 bits per heavy atom. The van der Waals surface area contributed by atoms with Crippen molar-refractivity contribution >= 4 is 18.3 Å². The molecule has 6 heteroatoms. The molecular weight excluding hydrogens is 209 g/mol. The molecule has 86 valence electrons. The molecule has 0 bridgehead atoms. The summed E-state index contributed by atoms with van der Waals surface area (Å²) in [5, 5.41) is 29.0. The largest absolute Gasteiger partial charge is 0.488 e. The van der Waals surface area contributed by atoms with E-state index in [1.165, 1.54) is 18.2 Å². The zero-order valence-corrected chi connectivity index (χ0v) is 9.47. The molecule has 0 saturated heterocycles. The van der Waals surface area contributed by atoms with Crippen molar-refractivity contribution in [2.24, 2.45) is 0 Å². The van der Waals surface area contributed by atoms with Crippen molar-refractivity contribution in [1.29, 1.82) is 0 Å². The molecule has 0 fully saturated rings. The number of nitro groups is 1. The summed E-state index contributed by atoms with van der Waals surface area (Å²) in [6, 6.07) is 4.03. The van der Waals surface area contributed by atoms with Crippen LogP contribution in [0.25, 0.3) is 0 Å². The van der Waals surface area contributed by atoms with Gasteiger partial charge in [-0.25, -0.2) is 0 Å². The van der Waals surface area contributed by atoms with Gasteiger partial charge in [-0.3, -0.25) is 10.1 Å². The summed E-state index contributed by atoms with van der Waals surface area (Å²) in [5.74, 6) is 0. The van der Waals surface area contributed by atoms with E-state index in [2.05, 4.69) is 0 Å². The van der Waals surface area contributed by atoms with Gasteiger partial charge in [-0.15, -0.1) is 0 Å². The van der Waals surface area contributed by atoms with E-state index >= 15 is 0 Å². The summed E-state index contributed by atoms with van der Waals surface area (Å²) in [5.41, 5.74) is 0.439. The lowest BCUT2D eigenvalue weighted by atomic mass is 9.70. The van der Waals surface area contributed by atoms with Gasteiger partial charge in [-0.1, -0.05) is 26.8 Å². The highest BCUT2D eigenvalue weighted by Gasteiger charge is 2.26. The molecule has 1 rings (SSSR count). The number of nitro benzene ring substituents is 1. The van der Waals surface area contributed by atoms with Gasteiger partial charge in [0.1, 0.15) is 0 Å². The SMILES string of the molecule is CC(C)(C)c1cc([N+](=O)[O-])ccc1B(O)O. The van der Waals surface area contributed by atoms with Gasteiger partial charge in [0.05, 0.1) is 4.92 Å². The number of nitrogens with zero attached hydrogens (tertiary/aromatic N) is 1. The van der Waals surface area contributed by atoms with Crippen molar-refractivity contribution in [3.63, 3.8) is 0 Å². The lowest BCUT2D eigenvalue weighted by Gasteiger charge is -2.22. The third-order valence-corrected chi connectivity index (χ3v) is 2.33. The van der Waals surface area contributed by atoms with E-state index in [0.717, 1.165) is 0 Å². The smallest absolute Gasteiger partial charge is 0.423 e. The van der Waals surface area contributed by atoms with Crippen molar-refractivity contribution < 1.29 is 15.0 Å². The molecule has 5 nitrogen and oxygen atoms in total. The minimum atomic E-state index is -1.62. The molecular formula is C10H14BNO4. The summed E-state index contributed by atoms with van der Waals surface area (Å²) >= 11 is 0. The molecule has 0 aromatic heterocycles. The summed E-state index contributed by atoms with van der Waals surface area (Å²) in [7, 11) is -1.62. The second kappa shape index (κ2) is 4.23. The highest BCUT2D eigenvalue weighted by atomic mass is 16.6. The molecule has 0 radical (unpaired) electrons. The maximum absolute atomic E-state index is 10.6. The Labute approximate surface area is 94.0 Å². The van der Waals surface area contributed by atoms with Gasteiger partial charge in [0.2, 0.25) is 0 Å². The Hall–Kier alpha value is -1.40. The number of benzene rings is 1. The van der Waals surface area contributed by atoms with Crippen LogP contribution in [0, 0.1) is 10.1 Å². The van der Waals surface area contributed by atoms with Crippen molar-refractivity contribution in [3.05, 3.63) is 33.9 Å². The number of hydrogen-bond donors (Lipinski definition) is 2. The van der Waals surface area contributed by atoms with Crippen LogP contribution >= 0.6 is 0 Å². The van der Waals surface area contributed by atoms with Gasteiger partial charge in [0.25, 0.3) is 5.69 Å². The summed E-state index contributed by atoms with van der Waals surface area (Å²) in [4.78, 5) is 10.1. The van der Waals surface area contributed by atoms with Crippen LogP contribution in [0.2, 0.25) is 0 Å². The lowest BCUT2D eigenvalue weighted by Crippen LogP contribution is -2.37. The van der Waals surface area contributed by atoms with Crippen LogP contribution in [0.15, 0.2) is 18.2 Å². The molecule has 0 aliphatic rings. The molecule has 16 heavy (non-hydrogen) atoms. The monoisotopic (exact) mass is 223 g/mol. The van der Waals surface area contributed by atoms with Gasteiger partial charge in [-0.05, 0) is 16.4 Å². The van der Waals surface area contributed by atoms with Crippen LogP contribution in [0.5, 0.6) is 0 Å². The number of rotatable bonds is 2. The Balaban J connectivity index is 3.39. The number of hydrogen-bond acceptors (Lipinski definition) is 4. The van der Waals surface area contributed by atoms with E-state index in [-0.39, 0.29) is 11.1 Å². The van der Waals surface area contributed by atoms with Crippen molar-refractivity contribution in [3.8, 4) is 0 Å². The molecule has 0 heterocycles. The molecule has 0 amide bonds. The van der Waals surface area contributed by atoms with Crippen LogP contribution in [0.1, 0.15) is 26.3 Å². The first-order valence-electron chi connectivity index (χ1n) is 4.88. The average molecular weight is 223 g/mol. The third-order valence-electron chi connectivity index (χ3n) is 2.33. The second-order valence-corrected chi connectivity index (χ2v) is 4.65. The van der Waals surface area contributed by atoms with Crippen molar-refractivity contribution in [2.45, 2.75) is 26.2 Å². The van der Waals surface area contributed by atoms with Crippen LogP contribution in [-0.4, -0.2) is 22.1 Å². The molecule has 1 aromatic rings. The topological polar surface area (TPSA) is 83.6 Å². The molecule has 0 unspecified atom stereocenters. The van der Waals surface area contributed by atoms with Gasteiger partial charge in [-0.2, -0.15) is 0 Å².